The Bertz CT molecular complexity index is 488. The maximum Gasteiger partial charge on any atom is 0.122 e. The van der Waals surface area contributed by atoms with E-state index in [0.29, 0.717) is 5.92 Å². The normalized spacial score (nSPS) is 28.2. The minimum atomic E-state index is -0.483. The molecule has 0 bridgehead atoms. The Morgan fingerprint density at radius 1 is 1.43 bits per heavy atom. The van der Waals surface area contributed by atoms with Crippen LogP contribution >= 0.6 is 0 Å². The Morgan fingerprint density at radius 3 is 3.19 bits per heavy atom. The molecule has 2 unspecified atom stereocenters. The first-order valence-electron chi connectivity index (χ1n) is 8.32. The summed E-state index contributed by atoms with van der Waals surface area (Å²) in [7, 11) is 0. The van der Waals surface area contributed by atoms with Gasteiger partial charge in [0, 0.05) is 13.0 Å². The average Bonchev–Trinajstić information content (AvgIpc) is 2.91. The molecular weight excluding hydrogens is 262 g/mol. The molecule has 21 heavy (non-hydrogen) atoms. The molecule has 3 heteroatoms. The molecule has 1 fully saturated rings. The van der Waals surface area contributed by atoms with Crippen LogP contribution in [0, 0.1) is 5.92 Å². The summed E-state index contributed by atoms with van der Waals surface area (Å²) in [6, 6.07) is 6.51. The van der Waals surface area contributed by atoms with Gasteiger partial charge in [-0.25, -0.2) is 0 Å². The van der Waals surface area contributed by atoms with Gasteiger partial charge in [0.2, 0.25) is 0 Å². The number of hydrogen-bond acceptors (Lipinski definition) is 3. The molecule has 3 rings (SSSR count). The first-order chi connectivity index (χ1) is 10.1. The number of fused-ring (bicyclic) bond motifs is 1. The van der Waals surface area contributed by atoms with Gasteiger partial charge in [-0.2, -0.15) is 0 Å². The van der Waals surface area contributed by atoms with Gasteiger partial charge in [0.25, 0.3) is 0 Å². The molecule has 2 atom stereocenters. The Kier molecular flexibility index (Phi) is 4.51. The summed E-state index contributed by atoms with van der Waals surface area (Å²) in [5.41, 5.74) is 2.21. The first-order valence-corrected chi connectivity index (χ1v) is 8.32. The summed E-state index contributed by atoms with van der Waals surface area (Å²) in [6.07, 6.45) is 6.35. The second-order valence-electron chi connectivity index (χ2n) is 6.89. The summed E-state index contributed by atoms with van der Waals surface area (Å²) >= 11 is 0. The Labute approximate surface area is 127 Å². The van der Waals surface area contributed by atoms with Crippen LogP contribution in [0.2, 0.25) is 0 Å². The lowest BCUT2D eigenvalue weighted by molar-refractivity contribution is -0.0114. The summed E-state index contributed by atoms with van der Waals surface area (Å²) in [4.78, 5) is 0. The summed E-state index contributed by atoms with van der Waals surface area (Å²) in [5.74, 6) is 1.71. The molecule has 2 aliphatic rings. The van der Waals surface area contributed by atoms with E-state index in [-0.39, 0.29) is 0 Å². The fourth-order valence-electron chi connectivity index (χ4n) is 3.74. The van der Waals surface area contributed by atoms with Gasteiger partial charge in [0.05, 0.1) is 12.2 Å². The van der Waals surface area contributed by atoms with E-state index in [4.69, 9.17) is 4.74 Å². The maximum atomic E-state index is 10.6. The number of hydrogen-bond donors (Lipinski definition) is 2. The molecule has 1 aliphatic carbocycles. The molecule has 2 N–H and O–H groups in total. The number of ether oxygens (including phenoxy) is 1. The van der Waals surface area contributed by atoms with Crippen LogP contribution in [0.4, 0.5) is 0 Å². The summed E-state index contributed by atoms with van der Waals surface area (Å²) in [5, 5.41) is 14.0. The van der Waals surface area contributed by atoms with E-state index >= 15 is 0 Å². The van der Waals surface area contributed by atoms with Crippen LogP contribution in [0.25, 0.3) is 0 Å². The summed E-state index contributed by atoms with van der Waals surface area (Å²) < 4.78 is 5.53. The van der Waals surface area contributed by atoms with Crippen molar-refractivity contribution < 1.29 is 9.84 Å². The molecule has 0 spiro atoms. The molecule has 1 aliphatic heterocycles. The number of aliphatic hydroxyl groups is 1. The lowest BCUT2D eigenvalue weighted by atomic mass is 9.79. The zero-order valence-electron chi connectivity index (χ0n) is 13.0. The second kappa shape index (κ2) is 6.37. The van der Waals surface area contributed by atoms with E-state index < -0.39 is 5.60 Å². The number of benzene rings is 1. The standard InChI is InChI=1S/C18H27NO2/c1-14-3-2-8-18(20,12-14)13-19-9-6-15-4-5-17-16(11-15)7-10-21-17/h4-5,11,14,19-20H,2-3,6-10,12-13H2,1H3. The van der Waals surface area contributed by atoms with Crippen molar-refractivity contribution in [2.75, 3.05) is 19.7 Å². The minimum Gasteiger partial charge on any atom is -0.493 e. The van der Waals surface area contributed by atoms with Crippen molar-refractivity contribution >= 4 is 0 Å². The van der Waals surface area contributed by atoms with Gasteiger partial charge in [-0.3, -0.25) is 0 Å². The van der Waals surface area contributed by atoms with Crippen molar-refractivity contribution in [3.8, 4) is 5.75 Å². The highest BCUT2D eigenvalue weighted by Crippen LogP contribution is 2.31. The van der Waals surface area contributed by atoms with Crippen molar-refractivity contribution in [3.63, 3.8) is 0 Å². The fraction of sp³-hybridized carbons (Fsp3) is 0.667. The highest BCUT2D eigenvalue weighted by atomic mass is 16.5. The van der Waals surface area contributed by atoms with Gasteiger partial charge in [-0.15, -0.1) is 0 Å². The van der Waals surface area contributed by atoms with Gasteiger partial charge < -0.3 is 15.2 Å². The molecule has 0 radical (unpaired) electrons. The maximum absolute atomic E-state index is 10.6. The quantitative estimate of drug-likeness (QED) is 0.819. The van der Waals surface area contributed by atoms with Gasteiger partial charge in [-0.1, -0.05) is 31.9 Å². The van der Waals surface area contributed by atoms with Gasteiger partial charge >= 0.3 is 0 Å². The predicted molar refractivity (Wildman–Crippen MR) is 84.8 cm³/mol. The van der Waals surface area contributed by atoms with E-state index in [2.05, 4.69) is 30.4 Å². The molecule has 0 amide bonds. The van der Waals surface area contributed by atoms with Crippen molar-refractivity contribution in [1.29, 1.82) is 0 Å². The van der Waals surface area contributed by atoms with Gasteiger partial charge in [-0.05, 0) is 48.9 Å². The Balaban J connectivity index is 1.44. The van der Waals surface area contributed by atoms with Crippen LogP contribution in [-0.2, 0) is 12.8 Å². The molecule has 1 aromatic rings. The molecule has 116 valence electrons. The van der Waals surface area contributed by atoms with Crippen LogP contribution in [-0.4, -0.2) is 30.4 Å². The van der Waals surface area contributed by atoms with Crippen LogP contribution in [0.1, 0.15) is 43.7 Å². The summed E-state index contributed by atoms with van der Waals surface area (Å²) in [6.45, 7) is 4.72. The molecule has 0 aromatic heterocycles. The second-order valence-corrected chi connectivity index (χ2v) is 6.89. The third-order valence-corrected chi connectivity index (χ3v) is 4.87. The molecule has 3 nitrogen and oxygen atoms in total. The van der Waals surface area contributed by atoms with Crippen molar-refractivity contribution in [2.45, 2.75) is 51.0 Å². The first kappa shape index (κ1) is 14.9. The van der Waals surface area contributed by atoms with Crippen LogP contribution in [0.5, 0.6) is 5.75 Å². The smallest absolute Gasteiger partial charge is 0.122 e. The molecule has 1 aromatic carbocycles. The minimum absolute atomic E-state index is 0.483. The van der Waals surface area contributed by atoms with Crippen molar-refractivity contribution in [3.05, 3.63) is 29.3 Å². The van der Waals surface area contributed by atoms with Crippen LogP contribution in [0.3, 0.4) is 0 Å². The molecule has 0 saturated heterocycles. The monoisotopic (exact) mass is 289 g/mol. The third kappa shape index (κ3) is 3.78. The molecule has 1 heterocycles. The van der Waals surface area contributed by atoms with Crippen molar-refractivity contribution in [1.82, 2.24) is 5.32 Å². The highest BCUT2D eigenvalue weighted by Gasteiger charge is 2.31. The largest absolute Gasteiger partial charge is 0.493 e. The topological polar surface area (TPSA) is 41.5 Å². The lowest BCUT2D eigenvalue weighted by Crippen LogP contribution is -2.44. The third-order valence-electron chi connectivity index (χ3n) is 4.87. The average molecular weight is 289 g/mol. The van der Waals surface area contributed by atoms with Crippen LogP contribution in [0.15, 0.2) is 18.2 Å². The zero-order chi connectivity index (χ0) is 14.7. The SMILES string of the molecule is CC1CCCC(O)(CNCCc2ccc3c(c2)CCO3)C1. The van der Waals surface area contributed by atoms with E-state index in [1.807, 2.05) is 0 Å². The van der Waals surface area contributed by atoms with Crippen molar-refractivity contribution in [2.24, 2.45) is 5.92 Å². The van der Waals surface area contributed by atoms with Gasteiger partial charge in [0.1, 0.15) is 5.75 Å². The van der Waals surface area contributed by atoms with Gasteiger partial charge in [0.15, 0.2) is 0 Å². The van der Waals surface area contributed by atoms with Crippen LogP contribution < -0.4 is 10.1 Å². The van der Waals surface area contributed by atoms with E-state index in [1.54, 1.807) is 0 Å². The molecular formula is C18H27NO2. The zero-order valence-corrected chi connectivity index (χ0v) is 13.0. The lowest BCUT2D eigenvalue weighted by Gasteiger charge is -2.35. The van der Waals surface area contributed by atoms with E-state index in [1.165, 1.54) is 17.5 Å². The fourth-order valence-corrected chi connectivity index (χ4v) is 3.74. The van der Waals surface area contributed by atoms with E-state index in [9.17, 15) is 5.11 Å². The highest BCUT2D eigenvalue weighted by molar-refractivity contribution is 5.39. The number of nitrogens with one attached hydrogen (secondary N) is 1. The predicted octanol–water partition coefficient (Wildman–Crippen LogP) is 2.69. The Hall–Kier alpha value is -1.06. The molecule has 1 saturated carbocycles. The van der Waals surface area contributed by atoms with E-state index in [0.717, 1.165) is 57.6 Å². The Morgan fingerprint density at radius 2 is 2.33 bits per heavy atom. The number of rotatable bonds is 5.